The summed E-state index contributed by atoms with van der Waals surface area (Å²) in [6.45, 7) is 6.32. The molecule has 0 atom stereocenters. The third-order valence-electron chi connectivity index (χ3n) is 5.66. The van der Waals surface area contributed by atoms with Crippen molar-refractivity contribution in [2.45, 2.75) is 0 Å². The Morgan fingerprint density at radius 3 is 2.25 bits per heavy atom. The summed E-state index contributed by atoms with van der Waals surface area (Å²) in [5, 5.41) is 0.653. The normalized spacial score (nSPS) is 22.4. The van der Waals surface area contributed by atoms with E-state index in [4.69, 9.17) is 18.9 Å². The third-order valence-corrected chi connectivity index (χ3v) is 6.72. The molecule has 0 spiro atoms. The lowest BCUT2D eigenvalue weighted by Gasteiger charge is -2.28. The van der Waals surface area contributed by atoms with E-state index in [-0.39, 0.29) is 5.91 Å². The molecule has 168 valence electrons. The predicted molar refractivity (Wildman–Crippen MR) is 127 cm³/mol. The van der Waals surface area contributed by atoms with Crippen molar-refractivity contribution < 1.29 is 18.7 Å². The first kappa shape index (κ1) is 21.1. The Morgan fingerprint density at radius 2 is 1.56 bits per heavy atom. The summed E-state index contributed by atoms with van der Waals surface area (Å²) in [4.78, 5) is 24.1. The van der Waals surface area contributed by atoms with Gasteiger partial charge in [0.1, 0.15) is 5.76 Å². The molecule has 0 N–H and O–H groups in total. The molecule has 0 unspecified atom stereocenters. The minimum atomic E-state index is -0.0805. The number of hydrogen-bond acceptors (Lipinski definition) is 8. The Labute approximate surface area is 191 Å². The number of hydrogen-bond donors (Lipinski definition) is 0. The van der Waals surface area contributed by atoms with Crippen LogP contribution in [0, 0.1) is 0 Å². The van der Waals surface area contributed by atoms with E-state index in [1.54, 1.807) is 18.0 Å². The zero-order valence-electron chi connectivity index (χ0n) is 18.0. The number of ether oxygens (including phenoxy) is 2. The number of anilines is 2. The average molecular weight is 455 g/mol. The fourth-order valence-electron chi connectivity index (χ4n) is 3.82. The van der Waals surface area contributed by atoms with Crippen LogP contribution in [0.2, 0.25) is 0 Å². The van der Waals surface area contributed by atoms with Crippen LogP contribution >= 0.6 is 11.8 Å². The molecule has 1 amide bonds. The number of furan rings is 1. The molecule has 0 aliphatic carbocycles. The quantitative estimate of drug-likeness (QED) is 0.657. The van der Waals surface area contributed by atoms with E-state index in [0.29, 0.717) is 29.0 Å². The van der Waals surface area contributed by atoms with Crippen LogP contribution in [0.15, 0.2) is 50.7 Å². The van der Waals surface area contributed by atoms with E-state index in [1.807, 2.05) is 24.3 Å². The first-order valence-corrected chi connectivity index (χ1v) is 11.6. The van der Waals surface area contributed by atoms with E-state index in [0.717, 1.165) is 56.7 Å². The summed E-state index contributed by atoms with van der Waals surface area (Å²) >= 11 is 1.36. The zero-order chi connectivity index (χ0) is 21.9. The van der Waals surface area contributed by atoms with Crippen molar-refractivity contribution in [2.24, 2.45) is 4.99 Å². The van der Waals surface area contributed by atoms with E-state index < -0.39 is 0 Å². The topological polar surface area (TPSA) is 70.8 Å². The molecular weight excluding hydrogens is 428 g/mol. The van der Waals surface area contributed by atoms with Crippen molar-refractivity contribution in [1.29, 1.82) is 0 Å². The highest BCUT2D eigenvalue weighted by Crippen LogP contribution is 2.34. The second-order valence-electron chi connectivity index (χ2n) is 7.76. The Kier molecular flexibility index (Phi) is 6.20. The highest BCUT2D eigenvalue weighted by molar-refractivity contribution is 8.18. The number of aliphatic imine (C=N–C) groups is 1. The van der Waals surface area contributed by atoms with Crippen LogP contribution in [0.25, 0.3) is 6.08 Å². The van der Waals surface area contributed by atoms with Gasteiger partial charge in [-0.05, 0) is 42.1 Å². The minimum Gasteiger partial charge on any atom is -0.441 e. The van der Waals surface area contributed by atoms with Gasteiger partial charge in [0.15, 0.2) is 11.1 Å². The number of rotatable bonds is 4. The van der Waals surface area contributed by atoms with Crippen molar-refractivity contribution in [1.82, 2.24) is 4.90 Å². The molecule has 1 aromatic heterocycles. The maximum absolute atomic E-state index is 12.7. The number of amides is 1. The highest BCUT2D eigenvalue weighted by Gasteiger charge is 2.31. The van der Waals surface area contributed by atoms with Crippen LogP contribution in [0.4, 0.5) is 17.3 Å². The molecule has 0 saturated carbocycles. The van der Waals surface area contributed by atoms with Crippen molar-refractivity contribution in [3.8, 4) is 0 Å². The van der Waals surface area contributed by atoms with Gasteiger partial charge in [-0.3, -0.25) is 9.69 Å². The summed E-state index contributed by atoms with van der Waals surface area (Å²) in [6.07, 6.45) is 1.79. The second kappa shape index (κ2) is 9.40. The van der Waals surface area contributed by atoms with Gasteiger partial charge >= 0.3 is 0 Å². The lowest BCUT2D eigenvalue weighted by atomic mass is 10.2. The van der Waals surface area contributed by atoms with Gasteiger partial charge in [0, 0.05) is 51.1 Å². The van der Waals surface area contributed by atoms with Crippen molar-refractivity contribution >= 4 is 46.2 Å². The van der Waals surface area contributed by atoms with Crippen LogP contribution in [0.1, 0.15) is 5.76 Å². The van der Waals surface area contributed by atoms with Gasteiger partial charge in [0.2, 0.25) is 0 Å². The van der Waals surface area contributed by atoms with Crippen molar-refractivity contribution in [3.05, 3.63) is 47.1 Å². The van der Waals surface area contributed by atoms with Gasteiger partial charge < -0.3 is 23.7 Å². The monoisotopic (exact) mass is 454 g/mol. The molecule has 0 bridgehead atoms. The lowest BCUT2D eigenvalue weighted by molar-refractivity contribution is -0.121. The summed E-state index contributed by atoms with van der Waals surface area (Å²) in [5.74, 6) is 1.38. The standard InChI is InChI=1S/C23H26N4O4S/c1-25-22(28)20(16-19-6-7-21(31-19)27-10-14-30-15-11-27)32-23(25)24-17-2-4-18(5-3-17)26-8-12-29-13-9-26/h2-7,16H,8-15H2,1H3/b20-16-,24-23?. The molecule has 4 heterocycles. The molecule has 3 aliphatic rings. The summed E-state index contributed by atoms with van der Waals surface area (Å²) in [6, 6.07) is 11.9. The molecule has 1 aromatic carbocycles. The zero-order valence-corrected chi connectivity index (χ0v) is 18.8. The van der Waals surface area contributed by atoms with Gasteiger partial charge in [0.25, 0.3) is 5.91 Å². The molecule has 0 radical (unpaired) electrons. The number of thioether (sulfide) groups is 1. The first-order valence-electron chi connectivity index (χ1n) is 10.8. The maximum atomic E-state index is 12.7. The fourth-order valence-corrected chi connectivity index (χ4v) is 4.79. The number of carbonyl (C=O) groups is 1. The molecule has 3 aliphatic heterocycles. The Morgan fingerprint density at radius 1 is 0.906 bits per heavy atom. The number of carbonyl (C=O) groups excluding carboxylic acids is 1. The summed E-state index contributed by atoms with van der Waals surface area (Å²) in [7, 11) is 1.75. The minimum absolute atomic E-state index is 0.0805. The van der Waals surface area contributed by atoms with Crippen molar-refractivity contribution in [3.63, 3.8) is 0 Å². The van der Waals surface area contributed by atoms with Gasteiger partial charge in [-0.15, -0.1) is 0 Å². The number of benzene rings is 1. The first-order chi connectivity index (χ1) is 15.7. The molecule has 9 heteroatoms. The Hall–Kier alpha value is -2.75. The second-order valence-corrected chi connectivity index (χ2v) is 8.77. The maximum Gasteiger partial charge on any atom is 0.266 e. The number of amidine groups is 1. The third kappa shape index (κ3) is 4.55. The molecule has 3 fully saturated rings. The fraction of sp³-hybridized carbons (Fsp3) is 0.391. The smallest absolute Gasteiger partial charge is 0.266 e. The van der Waals surface area contributed by atoms with Gasteiger partial charge in [-0.1, -0.05) is 0 Å². The van der Waals surface area contributed by atoms with Crippen LogP contribution in [-0.2, 0) is 14.3 Å². The van der Waals surface area contributed by atoms with Crippen molar-refractivity contribution in [2.75, 3.05) is 69.5 Å². The molecule has 32 heavy (non-hydrogen) atoms. The largest absolute Gasteiger partial charge is 0.441 e. The van der Waals surface area contributed by atoms with E-state index in [2.05, 4.69) is 21.9 Å². The summed E-state index contributed by atoms with van der Waals surface area (Å²) in [5.41, 5.74) is 1.98. The molecule has 5 rings (SSSR count). The van der Waals surface area contributed by atoms with E-state index in [9.17, 15) is 4.79 Å². The molecule has 8 nitrogen and oxygen atoms in total. The van der Waals surface area contributed by atoms with Crippen LogP contribution in [0.5, 0.6) is 0 Å². The molecule has 2 aromatic rings. The molecule has 3 saturated heterocycles. The highest BCUT2D eigenvalue weighted by atomic mass is 32.2. The number of morpholine rings is 2. The van der Waals surface area contributed by atoms with E-state index in [1.165, 1.54) is 11.8 Å². The van der Waals surface area contributed by atoms with Crippen LogP contribution < -0.4 is 9.80 Å². The molecular formula is C23H26N4O4S. The SMILES string of the molecule is CN1C(=O)/C(=C/c2ccc(N3CCOCC3)o2)SC1=Nc1ccc(N2CCOCC2)cc1. The Bertz CT molecular complexity index is 1020. The average Bonchev–Trinajstić information content (AvgIpc) is 3.42. The van der Waals surface area contributed by atoms with Gasteiger partial charge in [-0.25, -0.2) is 4.99 Å². The lowest BCUT2D eigenvalue weighted by Crippen LogP contribution is -2.36. The van der Waals surface area contributed by atoms with Crippen LogP contribution in [0.3, 0.4) is 0 Å². The van der Waals surface area contributed by atoms with E-state index >= 15 is 0 Å². The Balaban J connectivity index is 1.29. The summed E-state index contributed by atoms with van der Waals surface area (Å²) < 4.78 is 16.8. The van der Waals surface area contributed by atoms with Crippen LogP contribution in [-0.4, -0.2) is 75.6 Å². The predicted octanol–water partition coefficient (Wildman–Crippen LogP) is 3.19. The number of nitrogens with zero attached hydrogens (tertiary/aromatic N) is 4. The van der Waals surface area contributed by atoms with Gasteiger partial charge in [-0.2, -0.15) is 0 Å². The van der Waals surface area contributed by atoms with Gasteiger partial charge in [0.05, 0.1) is 37.0 Å². The number of likely N-dealkylation sites (N-methyl/N-ethyl adjacent to an activating group) is 1.